The predicted molar refractivity (Wildman–Crippen MR) is 131 cm³/mol. The van der Waals surface area contributed by atoms with E-state index in [9.17, 15) is 0 Å². The van der Waals surface area contributed by atoms with Gasteiger partial charge in [0.05, 0.1) is 7.85 Å². The second-order valence-electron chi connectivity index (χ2n) is 9.57. The van der Waals surface area contributed by atoms with Gasteiger partial charge in [0.15, 0.2) is 0 Å². The molecule has 1 aliphatic carbocycles. The van der Waals surface area contributed by atoms with Crippen molar-refractivity contribution in [1.82, 2.24) is 0 Å². The van der Waals surface area contributed by atoms with Gasteiger partial charge < -0.3 is 9.84 Å². The van der Waals surface area contributed by atoms with Gasteiger partial charge in [-0.3, -0.25) is 4.79 Å². The highest BCUT2D eigenvalue weighted by Gasteiger charge is 2.23. The maximum absolute atomic E-state index is 8.36. The molecule has 2 aromatic carbocycles. The largest absolute Gasteiger partial charge is 0.489 e. The number of rotatable bonds is 9. The van der Waals surface area contributed by atoms with Crippen LogP contribution in [0.25, 0.3) is 0 Å². The third-order valence-electron chi connectivity index (χ3n) is 5.43. The van der Waals surface area contributed by atoms with Crippen LogP contribution in [0.5, 0.6) is 5.75 Å². The average molecular weight is 422 g/mol. The molecule has 0 heterocycles. The minimum absolute atomic E-state index is 0.136. The summed E-state index contributed by atoms with van der Waals surface area (Å²) in [5.74, 6) is 0.941. The Labute approximate surface area is 190 Å². The van der Waals surface area contributed by atoms with E-state index < -0.39 is 0 Å². The summed E-state index contributed by atoms with van der Waals surface area (Å²) < 4.78 is 5.99. The Kier molecular flexibility index (Phi) is 12.1. The summed E-state index contributed by atoms with van der Waals surface area (Å²) in [7, 11) is 5.85. The summed E-state index contributed by atoms with van der Waals surface area (Å²) in [6, 6.07) is 18.8. The fourth-order valence-corrected chi connectivity index (χ4v) is 3.00. The van der Waals surface area contributed by atoms with Crippen LogP contribution in [-0.2, 0) is 16.8 Å². The van der Waals surface area contributed by atoms with E-state index in [1.807, 2.05) is 24.3 Å². The zero-order valence-electron chi connectivity index (χ0n) is 19.8. The number of benzene rings is 2. The van der Waals surface area contributed by atoms with Crippen LogP contribution in [0.1, 0.15) is 77.3 Å². The SMILES string of the molecule is C1CC1.O=CO.[B]CC(C)(C)CCCC(C)(C)c1cccc(OCc2ccccc2)c1. The molecule has 1 fully saturated rings. The van der Waals surface area contributed by atoms with Crippen LogP contribution in [0.2, 0.25) is 6.32 Å². The van der Waals surface area contributed by atoms with Crippen LogP contribution in [0, 0.1) is 5.41 Å². The number of hydrogen-bond donors (Lipinski definition) is 1. The lowest BCUT2D eigenvalue weighted by Crippen LogP contribution is -2.19. The number of carboxylic acid groups (broad SMARTS) is 1. The van der Waals surface area contributed by atoms with Crippen molar-refractivity contribution in [3.8, 4) is 5.75 Å². The van der Waals surface area contributed by atoms with Gasteiger partial charge in [-0.25, -0.2) is 0 Å². The van der Waals surface area contributed by atoms with Crippen molar-refractivity contribution in [2.24, 2.45) is 5.41 Å². The van der Waals surface area contributed by atoms with Crippen LogP contribution < -0.4 is 4.74 Å². The molecule has 0 bridgehead atoms. The lowest BCUT2D eigenvalue weighted by Gasteiger charge is -2.29. The molecule has 2 aromatic rings. The molecule has 3 nitrogen and oxygen atoms in total. The second kappa shape index (κ2) is 14.0. The van der Waals surface area contributed by atoms with Crippen molar-refractivity contribution < 1.29 is 14.6 Å². The summed E-state index contributed by atoms with van der Waals surface area (Å²) in [5, 5.41) is 6.89. The molecule has 0 atom stereocenters. The maximum atomic E-state index is 8.36. The highest BCUT2D eigenvalue weighted by Crippen LogP contribution is 2.34. The van der Waals surface area contributed by atoms with Gasteiger partial charge in [0, 0.05) is 0 Å². The fraction of sp³-hybridized carbons (Fsp3) is 0.519. The molecule has 0 unspecified atom stereocenters. The molecule has 2 radical (unpaired) electrons. The van der Waals surface area contributed by atoms with E-state index in [-0.39, 0.29) is 17.3 Å². The van der Waals surface area contributed by atoms with Gasteiger partial charge in [-0.15, -0.1) is 0 Å². The molecule has 168 valence electrons. The van der Waals surface area contributed by atoms with E-state index >= 15 is 0 Å². The van der Waals surface area contributed by atoms with Gasteiger partial charge in [0.1, 0.15) is 12.4 Å². The molecule has 0 saturated heterocycles. The zero-order chi connectivity index (χ0) is 23.2. The smallest absolute Gasteiger partial charge is 0.290 e. The Balaban J connectivity index is 0.000000699. The van der Waals surface area contributed by atoms with Crippen LogP contribution in [-0.4, -0.2) is 19.4 Å². The van der Waals surface area contributed by atoms with Gasteiger partial charge in [-0.2, -0.15) is 0 Å². The molecule has 0 spiro atoms. The van der Waals surface area contributed by atoms with Crippen LogP contribution in [0.15, 0.2) is 54.6 Å². The molecular formula is C27H39BO3. The van der Waals surface area contributed by atoms with E-state index in [1.165, 1.54) is 36.8 Å². The Morgan fingerprint density at radius 1 is 0.968 bits per heavy atom. The molecule has 3 rings (SSSR count). The highest BCUT2D eigenvalue weighted by molar-refractivity contribution is 6.08. The summed E-state index contributed by atoms with van der Waals surface area (Å²) in [6.07, 6.45) is 8.75. The minimum Gasteiger partial charge on any atom is -0.489 e. The topological polar surface area (TPSA) is 46.5 Å². The summed E-state index contributed by atoms with van der Waals surface area (Å²) >= 11 is 0. The molecule has 0 amide bonds. The first-order valence-corrected chi connectivity index (χ1v) is 11.3. The first-order valence-electron chi connectivity index (χ1n) is 11.3. The monoisotopic (exact) mass is 422 g/mol. The van der Waals surface area contributed by atoms with Crippen molar-refractivity contribution in [2.45, 2.75) is 84.6 Å². The van der Waals surface area contributed by atoms with E-state index in [1.54, 1.807) is 0 Å². The summed E-state index contributed by atoms with van der Waals surface area (Å²) in [5.41, 5.74) is 2.90. The standard InChI is InChI=1S/C23H31BO.C3H6.CH2O2/c1-22(2,18-24)14-9-15-23(3,4)20-12-8-13-21(16-20)25-17-19-10-6-5-7-11-19;1-2-3-1;2-1-3/h5-8,10-13,16H,9,14-15,17-18H2,1-4H3;1-3H2;1H,(H,2,3). The summed E-state index contributed by atoms with van der Waals surface area (Å²) in [4.78, 5) is 8.36. The first kappa shape index (κ1) is 26.8. The first-order chi connectivity index (χ1) is 14.7. The normalized spacial score (nSPS) is 12.5. The van der Waals surface area contributed by atoms with Crippen LogP contribution in [0.4, 0.5) is 0 Å². The average Bonchev–Trinajstić information content (AvgIpc) is 3.63. The Morgan fingerprint density at radius 3 is 2.13 bits per heavy atom. The third kappa shape index (κ3) is 12.3. The van der Waals surface area contributed by atoms with Crippen molar-refractivity contribution in [1.29, 1.82) is 0 Å². The van der Waals surface area contributed by atoms with E-state index in [4.69, 9.17) is 22.5 Å². The van der Waals surface area contributed by atoms with Gasteiger partial charge in [0.2, 0.25) is 0 Å². The Bertz CT molecular complexity index is 736. The van der Waals surface area contributed by atoms with E-state index in [0.29, 0.717) is 6.61 Å². The van der Waals surface area contributed by atoms with E-state index in [2.05, 4.69) is 58.0 Å². The van der Waals surface area contributed by atoms with Gasteiger partial charge in [-0.05, 0) is 46.9 Å². The highest BCUT2D eigenvalue weighted by atomic mass is 16.5. The van der Waals surface area contributed by atoms with Crippen LogP contribution in [0.3, 0.4) is 0 Å². The lowest BCUT2D eigenvalue weighted by molar-refractivity contribution is -0.122. The molecule has 1 aliphatic rings. The van der Waals surface area contributed by atoms with Crippen molar-refractivity contribution in [2.75, 3.05) is 0 Å². The minimum atomic E-state index is -0.250. The lowest BCUT2D eigenvalue weighted by atomic mass is 9.73. The molecule has 0 aromatic heterocycles. The Hall–Kier alpha value is -2.23. The second-order valence-corrected chi connectivity index (χ2v) is 9.57. The molecule has 1 N–H and O–H groups in total. The van der Waals surface area contributed by atoms with Crippen LogP contribution >= 0.6 is 0 Å². The third-order valence-corrected chi connectivity index (χ3v) is 5.43. The van der Waals surface area contributed by atoms with E-state index in [0.717, 1.165) is 24.9 Å². The molecular weight excluding hydrogens is 383 g/mol. The summed E-state index contributed by atoms with van der Waals surface area (Å²) in [6.45, 7) is 9.49. The quantitative estimate of drug-likeness (QED) is 0.343. The fourth-order valence-electron chi connectivity index (χ4n) is 3.00. The maximum Gasteiger partial charge on any atom is 0.290 e. The molecule has 4 heteroatoms. The van der Waals surface area contributed by atoms with Crippen molar-refractivity contribution in [3.63, 3.8) is 0 Å². The predicted octanol–water partition coefficient (Wildman–Crippen LogP) is 7.20. The molecule has 1 saturated carbocycles. The molecule has 31 heavy (non-hydrogen) atoms. The number of ether oxygens (including phenoxy) is 1. The van der Waals surface area contributed by atoms with Crippen molar-refractivity contribution >= 4 is 14.3 Å². The van der Waals surface area contributed by atoms with Gasteiger partial charge >= 0.3 is 0 Å². The number of hydrogen-bond acceptors (Lipinski definition) is 2. The Morgan fingerprint density at radius 2 is 1.58 bits per heavy atom. The van der Waals surface area contributed by atoms with Gasteiger partial charge in [0.25, 0.3) is 6.47 Å². The van der Waals surface area contributed by atoms with Gasteiger partial charge in [-0.1, -0.05) is 102 Å². The van der Waals surface area contributed by atoms with Crippen molar-refractivity contribution in [3.05, 3.63) is 65.7 Å². The number of carbonyl (C=O) groups is 1. The zero-order valence-corrected chi connectivity index (χ0v) is 19.8. The molecule has 0 aliphatic heterocycles.